The lowest BCUT2D eigenvalue weighted by Gasteiger charge is -2.34. The Kier molecular flexibility index (Phi) is 6.59. The average Bonchev–Trinajstić information content (AvgIpc) is 2.60. The standard InChI is InChI=1S/C18H27N3O2/c1-19-10-12-20(2)18(23)16-9-6-11-21(14-16)17(22)13-15-7-4-3-5-8-15/h3-5,7-8,16,19H,6,9-14H2,1-2H3. The predicted octanol–water partition coefficient (Wildman–Crippen LogP) is 1.15. The summed E-state index contributed by atoms with van der Waals surface area (Å²) >= 11 is 0. The molecule has 5 heteroatoms. The van der Waals surface area contributed by atoms with Crippen molar-refractivity contribution in [1.82, 2.24) is 15.1 Å². The van der Waals surface area contributed by atoms with Gasteiger partial charge in [0.1, 0.15) is 0 Å². The van der Waals surface area contributed by atoms with Gasteiger partial charge in [-0.05, 0) is 25.5 Å². The first kappa shape index (κ1) is 17.5. The molecule has 0 aliphatic carbocycles. The highest BCUT2D eigenvalue weighted by molar-refractivity contribution is 5.82. The zero-order valence-corrected chi connectivity index (χ0v) is 14.1. The SMILES string of the molecule is CNCCN(C)C(=O)C1CCCN(C(=O)Cc2ccccc2)C1. The molecule has 1 heterocycles. The van der Waals surface area contributed by atoms with Crippen LogP contribution < -0.4 is 5.32 Å². The minimum Gasteiger partial charge on any atom is -0.344 e. The fourth-order valence-electron chi connectivity index (χ4n) is 2.99. The van der Waals surface area contributed by atoms with E-state index in [1.165, 1.54) is 0 Å². The minimum atomic E-state index is -0.0645. The Morgan fingerprint density at radius 3 is 2.74 bits per heavy atom. The number of hydrogen-bond donors (Lipinski definition) is 1. The van der Waals surface area contributed by atoms with E-state index in [4.69, 9.17) is 0 Å². The Balaban J connectivity index is 1.89. The minimum absolute atomic E-state index is 0.0645. The molecule has 1 atom stereocenters. The number of hydrogen-bond acceptors (Lipinski definition) is 3. The first-order valence-electron chi connectivity index (χ1n) is 8.33. The van der Waals surface area contributed by atoms with Gasteiger partial charge >= 0.3 is 0 Å². The predicted molar refractivity (Wildman–Crippen MR) is 91.0 cm³/mol. The molecule has 1 fully saturated rings. The van der Waals surface area contributed by atoms with Crippen molar-refractivity contribution in [3.05, 3.63) is 35.9 Å². The molecule has 23 heavy (non-hydrogen) atoms. The van der Waals surface area contributed by atoms with Crippen LogP contribution in [0.25, 0.3) is 0 Å². The lowest BCUT2D eigenvalue weighted by atomic mass is 9.96. The lowest BCUT2D eigenvalue weighted by molar-refractivity contribution is -0.139. The van der Waals surface area contributed by atoms with E-state index in [-0.39, 0.29) is 17.7 Å². The third-order valence-corrected chi connectivity index (χ3v) is 4.39. The molecule has 1 aromatic rings. The zero-order chi connectivity index (χ0) is 16.7. The molecule has 0 aromatic heterocycles. The normalized spacial score (nSPS) is 17.8. The molecule has 1 N–H and O–H groups in total. The van der Waals surface area contributed by atoms with Crippen molar-refractivity contribution in [2.75, 3.05) is 40.3 Å². The molecule has 1 unspecified atom stereocenters. The van der Waals surface area contributed by atoms with Gasteiger partial charge in [-0.15, -0.1) is 0 Å². The van der Waals surface area contributed by atoms with Gasteiger partial charge < -0.3 is 15.1 Å². The molecule has 0 spiro atoms. The van der Waals surface area contributed by atoms with Gasteiger partial charge in [0.25, 0.3) is 0 Å². The van der Waals surface area contributed by atoms with Gasteiger partial charge in [0, 0.05) is 33.2 Å². The van der Waals surface area contributed by atoms with Crippen LogP contribution in [0.3, 0.4) is 0 Å². The van der Waals surface area contributed by atoms with E-state index in [0.717, 1.165) is 31.5 Å². The van der Waals surface area contributed by atoms with Crippen molar-refractivity contribution < 1.29 is 9.59 Å². The van der Waals surface area contributed by atoms with Gasteiger partial charge in [-0.1, -0.05) is 30.3 Å². The summed E-state index contributed by atoms with van der Waals surface area (Å²) in [5.74, 6) is 0.203. The van der Waals surface area contributed by atoms with Gasteiger partial charge in [-0.25, -0.2) is 0 Å². The highest BCUT2D eigenvalue weighted by Crippen LogP contribution is 2.19. The van der Waals surface area contributed by atoms with E-state index in [1.54, 1.807) is 4.90 Å². The molecule has 2 amide bonds. The Morgan fingerprint density at radius 1 is 1.30 bits per heavy atom. The summed E-state index contributed by atoms with van der Waals surface area (Å²) in [5.41, 5.74) is 1.03. The van der Waals surface area contributed by atoms with Crippen LogP contribution in [0.1, 0.15) is 18.4 Å². The van der Waals surface area contributed by atoms with E-state index in [1.807, 2.05) is 49.3 Å². The van der Waals surface area contributed by atoms with Crippen LogP contribution in [0.2, 0.25) is 0 Å². The summed E-state index contributed by atoms with van der Waals surface area (Å²) in [6.45, 7) is 2.79. The molecule has 1 saturated heterocycles. The number of rotatable bonds is 6. The number of benzene rings is 1. The molecule has 0 radical (unpaired) electrons. The Morgan fingerprint density at radius 2 is 2.04 bits per heavy atom. The quantitative estimate of drug-likeness (QED) is 0.856. The Hall–Kier alpha value is -1.88. The number of piperidine rings is 1. The highest BCUT2D eigenvalue weighted by atomic mass is 16.2. The molecule has 1 aliphatic rings. The fourth-order valence-corrected chi connectivity index (χ4v) is 2.99. The molecule has 126 valence electrons. The number of carbonyl (C=O) groups is 2. The second kappa shape index (κ2) is 8.67. The monoisotopic (exact) mass is 317 g/mol. The van der Waals surface area contributed by atoms with Crippen molar-refractivity contribution >= 4 is 11.8 Å². The van der Waals surface area contributed by atoms with Crippen LogP contribution in [0.5, 0.6) is 0 Å². The molecular formula is C18H27N3O2. The number of nitrogens with one attached hydrogen (secondary N) is 1. The lowest BCUT2D eigenvalue weighted by Crippen LogP contribution is -2.47. The van der Waals surface area contributed by atoms with Crippen molar-refractivity contribution in [3.8, 4) is 0 Å². The second-order valence-electron chi connectivity index (χ2n) is 6.20. The summed E-state index contributed by atoms with van der Waals surface area (Å²) < 4.78 is 0. The maximum Gasteiger partial charge on any atom is 0.227 e. The van der Waals surface area contributed by atoms with Crippen LogP contribution >= 0.6 is 0 Å². The summed E-state index contributed by atoms with van der Waals surface area (Å²) in [4.78, 5) is 28.6. The third-order valence-electron chi connectivity index (χ3n) is 4.39. The molecular weight excluding hydrogens is 290 g/mol. The van der Waals surface area contributed by atoms with Crippen molar-refractivity contribution in [3.63, 3.8) is 0 Å². The van der Waals surface area contributed by atoms with E-state index < -0.39 is 0 Å². The number of likely N-dealkylation sites (N-methyl/N-ethyl adjacent to an activating group) is 2. The maximum absolute atomic E-state index is 12.5. The summed E-state index contributed by atoms with van der Waals surface area (Å²) in [7, 11) is 3.72. The number of carbonyl (C=O) groups excluding carboxylic acids is 2. The molecule has 5 nitrogen and oxygen atoms in total. The van der Waals surface area contributed by atoms with Crippen LogP contribution in [-0.2, 0) is 16.0 Å². The Bertz CT molecular complexity index is 518. The summed E-state index contributed by atoms with van der Waals surface area (Å²) in [6.07, 6.45) is 2.19. The fraction of sp³-hybridized carbons (Fsp3) is 0.556. The van der Waals surface area contributed by atoms with Gasteiger partial charge in [-0.2, -0.15) is 0 Å². The molecule has 1 aromatic carbocycles. The van der Waals surface area contributed by atoms with Gasteiger partial charge in [0.2, 0.25) is 11.8 Å². The van der Waals surface area contributed by atoms with E-state index >= 15 is 0 Å². The Labute approximate surface area is 138 Å². The second-order valence-corrected chi connectivity index (χ2v) is 6.20. The first-order valence-corrected chi connectivity index (χ1v) is 8.33. The van der Waals surface area contributed by atoms with E-state index in [0.29, 0.717) is 19.5 Å². The first-order chi connectivity index (χ1) is 11.1. The topological polar surface area (TPSA) is 52.7 Å². The smallest absolute Gasteiger partial charge is 0.227 e. The van der Waals surface area contributed by atoms with Gasteiger partial charge in [-0.3, -0.25) is 9.59 Å². The van der Waals surface area contributed by atoms with E-state index in [9.17, 15) is 9.59 Å². The largest absolute Gasteiger partial charge is 0.344 e. The molecule has 0 saturated carbocycles. The van der Waals surface area contributed by atoms with Crippen LogP contribution in [-0.4, -0.2) is 61.9 Å². The summed E-state index contributed by atoms with van der Waals surface area (Å²) in [6, 6.07) is 9.78. The number of nitrogens with zero attached hydrogens (tertiary/aromatic N) is 2. The summed E-state index contributed by atoms with van der Waals surface area (Å²) in [5, 5.41) is 3.05. The number of amides is 2. The van der Waals surface area contributed by atoms with Crippen molar-refractivity contribution in [1.29, 1.82) is 0 Å². The van der Waals surface area contributed by atoms with Crippen molar-refractivity contribution in [2.24, 2.45) is 5.92 Å². The van der Waals surface area contributed by atoms with Crippen LogP contribution in [0.15, 0.2) is 30.3 Å². The van der Waals surface area contributed by atoms with E-state index in [2.05, 4.69) is 5.32 Å². The highest BCUT2D eigenvalue weighted by Gasteiger charge is 2.29. The average molecular weight is 317 g/mol. The van der Waals surface area contributed by atoms with Gasteiger partial charge in [0.05, 0.1) is 12.3 Å². The van der Waals surface area contributed by atoms with Crippen LogP contribution in [0, 0.1) is 5.92 Å². The van der Waals surface area contributed by atoms with Crippen molar-refractivity contribution in [2.45, 2.75) is 19.3 Å². The maximum atomic E-state index is 12.5. The zero-order valence-electron chi connectivity index (χ0n) is 14.1. The number of likely N-dealkylation sites (tertiary alicyclic amines) is 1. The van der Waals surface area contributed by atoms with Crippen LogP contribution in [0.4, 0.5) is 0 Å². The molecule has 1 aliphatic heterocycles. The molecule has 0 bridgehead atoms. The third kappa shape index (κ3) is 5.06. The van der Waals surface area contributed by atoms with Gasteiger partial charge in [0.15, 0.2) is 0 Å². The molecule has 2 rings (SSSR count).